The van der Waals surface area contributed by atoms with Gasteiger partial charge in [-0.3, -0.25) is 0 Å². The van der Waals surface area contributed by atoms with Gasteiger partial charge in [-0.2, -0.15) is 10.4 Å². The minimum atomic E-state index is 0.271. The highest BCUT2D eigenvalue weighted by atomic mass is 35.5. The van der Waals surface area contributed by atoms with E-state index in [1.165, 1.54) is 4.68 Å². The average Bonchev–Trinajstić information content (AvgIpc) is 2.65. The van der Waals surface area contributed by atoms with Gasteiger partial charge >= 0.3 is 0 Å². The first-order chi connectivity index (χ1) is 9.43. The van der Waals surface area contributed by atoms with Gasteiger partial charge in [0, 0.05) is 5.02 Å². The molecule has 0 aliphatic carbocycles. The van der Waals surface area contributed by atoms with Crippen LogP contribution >= 0.6 is 34.8 Å². The molecular formula is C14H12Cl3N3. The summed E-state index contributed by atoms with van der Waals surface area (Å²) in [6.45, 7) is 4.12. The van der Waals surface area contributed by atoms with Crippen LogP contribution in [0.5, 0.6) is 0 Å². The van der Waals surface area contributed by atoms with Crippen LogP contribution in [-0.4, -0.2) is 9.78 Å². The maximum absolute atomic E-state index is 9.24. The lowest BCUT2D eigenvalue weighted by Gasteiger charge is -2.06. The molecule has 0 radical (unpaired) electrons. The lowest BCUT2D eigenvalue weighted by molar-refractivity contribution is 0.627. The normalized spacial score (nSPS) is 10.8. The van der Waals surface area contributed by atoms with Crippen molar-refractivity contribution in [2.24, 2.45) is 5.92 Å². The molecule has 0 saturated carbocycles. The SMILES string of the molecule is CC(C)Cc1nn(-c2ccc(Cl)cc2Cl)c(Cl)c1C#N. The lowest BCUT2D eigenvalue weighted by atomic mass is 10.1. The third-order valence-electron chi connectivity index (χ3n) is 2.75. The van der Waals surface area contributed by atoms with Crippen LogP contribution in [0.15, 0.2) is 18.2 Å². The van der Waals surface area contributed by atoms with E-state index in [1.807, 2.05) is 0 Å². The Morgan fingerprint density at radius 3 is 2.55 bits per heavy atom. The molecule has 0 fully saturated rings. The second kappa shape index (κ2) is 6.05. The van der Waals surface area contributed by atoms with Crippen molar-refractivity contribution in [1.82, 2.24) is 9.78 Å². The van der Waals surface area contributed by atoms with Gasteiger partial charge in [-0.1, -0.05) is 48.7 Å². The molecule has 0 aliphatic heterocycles. The van der Waals surface area contributed by atoms with E-state index in [2.05, 4.69) is 25.0 Å². The van der Waals surface area contributed by atoms with Gasteiger partial charge in [-0.05, 0) is 30.5 Å². The minimum absolute atomic E-state index is 0.271. The minimum Gasteiger partial charge on any atom is -0.219 e. The van der Waals surface area contributed by atoms with E-state index >= 15 is 0 Å². The van der Waals surface area contributed by atoms with E-state index in [4.69, 9.17) is 34.8 Å². The molecule has 0 amide bonds. The summed E-state index contributed by atoms with van der Waals surface area (Å²) in [7, 11) is 0. The van der Waals surface area contributed by atoms with Gasteiger partial charge in [0.05, 0.1) is 16.4 Å². The van der Waals surface area contributed by atoms with Gasteiger partial charge in [0.25, 0.3) is 0 Å². The first-order valence-corrected chi connectivity index (χ1v) is 7.20. The van der Waals surface area contributed by atoms with E-state index in [0.29, 0.717) is 39.3 Å². The Morgan fingerprint density at radius 2 is 2.00 bits per heavy atom. The van der Waals surface area contributed by atoms with Gasteiger partial charge in [-0.15, -0.1) is 0 Å². The maximum Gasteiger partial charge on any atom is 0.151 e. The van der Waals surface area contributed by atoms with Crippen molar-refractivity contribution in [3.8, 4) is 11.8 Å². The number of halogens is 3. The summed E-state index contributed by atoms with van der Waals surface area (Å²) in [4.78, 5) is 0. The molecule has 0 atom stereocenters. The Morgan fingerprint density at radius 1 is 1.30 bits per heavy atom. The number of rotatable bonds is 3. The second-order valence-corrected chi connectivity index (χ2v) is 6.03. The molecule has 1 aromatic heterocycles. The molecule has 3 nitrogen and oxygen atoms in total. The zero-order chi connectivity index (χ0) is 14.9. The molecule has 0 N–H and O–H groups in total. The second-order valence-electron chi connectivity index (χ2n) is 4.83. The summed E-state index contributed by atoms with van der Waals surface area (Å²) >= 11 is 18.3. The Labute approximate surface area is 132 Å². The smallest absolute Gasteiger partial charge is 0.151 e. The van der Waals surface area contributed by atoms with Gasteiger partial charge in [0.15, 0.2) is 5.15 Å². The quantitative estimate of drug-likeness (QED) is 0.804. The number of nitrogens with zero attached hydrogens (tertiary/aromatic N) is 3. The van der Waals surface area contributed by atoms with Crippen molar-refractivity contribution in [3.63, 3.8) is 0 Å². The van der Waals surface area contributed by atoms with Crippen molar-refractivity contribution < 1.29 is 0 Å². The fourth-order valence-corrected chi connectivity index (χ4v) is 2.66. The monoisotopic (exact) mass is 327 g/mol. The number of nitriles is 1. The molecule has 1 heterocycles. The van der Waals surface area contributed by atoms with E-state index in [9.17, 15) is 5.26 Å². The highest BCUT2D eigenvalue weighted by molar-refractivity contribution is 6.36. The van der Waals surface area contributed by atoms with Crippen molar-refractivity contribution in [2.75, 3.05) is 0 Å². The van der Waals surface area contributed by atoms with Crippen LogP contribution in [0, 0.1) is 17.2 Å². The van der Waals surface area contributed by atoms with Gasteiger partial charge in [-0.25, -0.2) is 4.68 Å². The van der Waals surface area contributed by atoms with Crippen molar-refractivity contribution in [1.29, 1.82) is 5.26 Å². The van der Waals surface area contributed by atoms with Crippen LogP contribution in [0.3, 0.4) is 0 Å². The van der Waals surface area contributed by atoms with Gasteiger partial charge < -0.3 is 0 Å². The third-order valence-corrected chi connectivity index (χ3v) is 3.64. The Bertz CT molecular complexity index is 684. The standard InChI is InChI=1S/C14H12Cl3N3/c1-8(2)5-12-10(7-18)14(17)20(19-12)13-4-3-9(15)6-11(13)16/h3-4,6,8H,5H2,1-2H3. The molecule has 0 spiro atoms. The van der Waals surface area contributed by atoms with Gasteiger partial charge in [0.1, 0.15) is 11.6 Å². The van der Waals surface area contributed by atoms with Crippen LogP contribution in [0.4, 0.5) is 0 Å². The van der Waals surface area contributed by atoms with Crippen LogP contribution in [0.2, 0.25) is 15.2 Å². The summed E-state index contributed by atoms with van der Waals surface area (Å²) < 4.78 is 1.48. The Kier molecular flexibility index (Phi) is 4.59. The molecule has 0 saturated heterocycles. The van der Waals surface area contributed by atoms with Crippen LogP contribution < -0.4 is 0 Å². The van der Waals surface area contributed by atoms with E-state index in [0.717, 1.165) is 0 Å². The first kappa shape index (κ1) is 15.2. The van der Waals surface area contributed by atoms with Crippen LogP contribution in [-0.2, 0) is 6.42 Å². The summed E-state index contributed by atoms with van der Waals surface area (Å²) in [6.07, 6.45) is 0.681. The van der Waals surface area contributed by atoms with Gasteiger partial charge in [0.2, 0.25) is 0 Å². The topological polar surface area (TPSA) is 41.6 Å². The Hall–Kier alpha value is -1.21. The highest BCUT2D eigenvalue weighted by Crippen LogP contribution is 2.30. The molecule has 2 aromatic rings. The number of hydrogen-bond donors (Lipinski definition) is 0. The van der Waals surface area contributed by atoms with E-state index in [1.54, 1.807) is 18.2 Å². The molecular weight excluding hydrogens is 317 g/mol. The molecule has 6 heteroatoms. The summed E-state index contributed by atoms with van der Waals surface area (Å²) in [5, 5.41) is 14.9. The summed E-state index contributed by atoms with van der Waals surface area (Å²) in [5.74, 6) is 0.377. The molecule has 2 rings (SSSR count). The highest BCUT2D eigenvalue weighted by Gasteiger charge is 2.19. The zero-order valence-corrected chi connectivity index (χ0v) is 13.3. The van der Waals surface area contributed by atoms with Crippen LogP contribution in [0.1, 0.15) is 25.1 Å². The molecule has 0 bridgehead atoms. The molecule has 0 unspecified atom stereocenters. The third kappa shape index (κ3) is 2.93. The van der Waals surface area contributed by atoms with E-state index < -0.39 is 0 Å². The molecule has 1 aromatic carbocycles. The number of hydrogen-bond acceptors (Lipinski definition) is 2. The predicted octanol–water partition coefficient (Wildman–Crippen LogP) is 4.90. The summed E-state index contributed by atoms with van der Waals surface area (Å²) in [6, 6.07) is 7.15. The van der Waals surface area contributed by atoms with Crippen LogP contribution in [0.25, 0.3) is 5.69 Å². The summed E-state index contributed by atoms with van der Waals surface area (Å²) in [5.41, 5.74) is 1.68. The maximum atomic E-state index is 9.24. The van der Waals surface area contributed by atoms with Crippen molar-refractivity contribution in [3.05, 3.63) is 44.7 Å². The van der Waals surface area contributed by atoms with Crippen molar-refractivity contribution in [2.45, 2.75) is 20.3 Å². The first-order valence-electron chi connectivity index (χ1n) is 6.07. The largest absolute Gasteiger partial charge is 0.219 e. The fourth-order valence-electron chi connectivity index (χ4n) is 1.89. The van der Waals surface area contributed by atoms with Crippen molar-refractivity contribution >= 4 is 34.8 Å². The number of benzene rings is 1. The molecule has 0 aliphatic rings. The van der Waals surface area contributed by atoms with E-state index in [-0.39, 0.29) is 5.15 Å². The predicted molar refractivity (Wildman–Crippen MR) is 81.9 cm³/mol. The lowest BCUT2D eigenvalue weighted by Crippen LogP contribution is -2.00. The fraction of sp³-hybridized carbons (Fsp3) is 0.286. The molecule has 20 heavy (non-hydrogen) atoms. The zero-order valence-electron chi connectivity index (χ0n) is 11.0. The Balaban J connectivity index is 2.58. The number of aromatic nitrogens is 2. The average molecular weight is 329 g/mol. The molecule has 104 valence electrons.